The molecule has 0 aliphatic heterocycles. The average Bonchev–Trinajstić information content (AvgIpc) is 2.09. The molecule has 0 heteroatoms. The standard InChI is InChI=1S/C12H18/c1-3-7-11-9-5-6-10-12(11)8-4-2/h1,5-6,11-12H,4,7-10H2,2H3. The van der Waals surface area contributed by atoms with Crippen molar-refractivity contribution in [3.05, 3.63) is 12.2 Å². The van der Waals surface area contributed by atoms with Crippen molar-refractivity contribution in [2.75, 3.05) is 0 Å². The van der Waals surface area contributed by atoms with Gasteiger partial charge in [0, 0.05) is 6.42 Å². The molecule has 0 aromatic heterocycles. The van der Waals surface area contributed by atoms with E-state index < -0.39 is 0 Å². The molecule has 1 rings (SSSR count). The van der Waals surface area contributed by atoms with Crippen molar-refractivity contribution in [3.8, 4) is 12.3 Å². The Kier molecular flexibility index (Phi) is 3.94. The van der Waals surface area contributed by atoms with Gasteiger partial charge in [0.2, 0.25) is 0 Å². The van der Waals surface area contributed by atoms with Gasteiger partial charge in [-0.1, -0.05) is 31.9 Å². The van der Waals surface area contributed by atoms with Gasteiger partial charge in [-0.25, -0.2) is 0 Å². The molecular weight excluding hydrogens is 144 g/mol. The summed E-state index contributed by atoms with van der Waals surface area (Å²) in [5, 5.41) is 0. The maximum absolute atomic E-state index is 5.34. The summed E-state index contributed by atoms with van der Waals surface area (Å²) in [4.78, 5) is 0. The Labute approximate surface area is 76.1 Å². The summed E-state index contributed by atoms with van der Waals surface area (Å²) < 4.78 is 0. The quantitative estimate of drug-likeness (QED) is 0.441. The van der Waals surface area contributed by atoms with E-state index in [0.717, 1.165) is 18.3 Å². The zero-order valence-electron chi connectivity index (χ0n) is 7.92. The largest absolute Gasteiger partial charge is 0.120 e. The molecule has 0 radical (unpaired) electrons. The molecule has 0 N–H and O–H groups in total. The summed E-state index contributed by atoms with van der Waals surface area (Å²) >= 11 is 0. The molecule has 0 spiro atoms. The van der Waals surface area contributed by atoms with Gasteiger partial charge in [-0.05, 0) is 24.7 Å². The van der Waals surface area contributed by atoms with Crippen LogP contribution in [-0.4, -0.2) is 0 Å². The van der Waals surface area contributed by atoms with E-state index in [2.05, 4.69) is 25.0 Å². The Bertz CT molecular complexity index is 183. The first-order valence-corrected chi connectivity index (χ1v) is 4.97. The topological polar surface area (TPSA) is 0 Å². The van der Waals surface area contributed by atoms with Gasteiger partial charge in [-0.2, -0.15) is 0 Å². The number of hydrogen-bond acceptors (Lipinski definition) is 0. The Morgan fingerprint density at radius 1 is 1.33 bits per heavy atom. The Morgan fingerprint density at radius 2 is 2.00 bits per heavy atom. The van der Waals surface area contributed by atoms with Crippen LogP contribution in [0.15, 0.2) is 12.2 Å². The van der Waals surface area contributed by atoms with E-state index in [1.807, 2.05) is 0 Å². The highest BCUT2D eigenvalue weighted by molar-refractivity contribution is 4.98. The van der Waals surface area contributed by atoms with Crippen molar-refractivity contribution >= 4 is 0 Å². The van der Waals surface area contributed by atoms with Crippen LogP contribution in [0.2, 0.25) is 0 Å². The normalized spacial score (nSPS) is 28.3. The van der Waals surface area contributed by atoms with Crippen LogP contribution in [0.5, 0.6) is 0 Å². The Hall–Kier alpha value is -0.700. The van der Waals surface area contributed by atoms with E-state index in [0.29, 0.717) is 0 Å². The van der Waals surface area contributed by atoms with Gasteiger partial charge < -0.3 is 0 Å². The van der Waals surface area contributed by atoms with Crippen molar-refractivity contribution in [1.29, 1.82) is 0 Å². The molecule has 0 saturated heterocycles. The van der Waals surface area contributed by atoms with Crippen molar-refractivity contribution < 1.29 is 0 Å². The minimum Gasteiger partial charge on any atom is -0.120 e. The maximum Gasteiger partial charge on any atom is 0.0120 e. The minimum atomic E-state index is 0.764. The van der Waals surface area contributed by atoms with Gasteiger partial charge in [0.15, 0.2) is 0 Å². The average molecular weight is 162 g/mol. The Balaban J connectivity index is 2.45. The highest BCUT2D eigenvalue weighted by Crippen LogP contribution is 2.31. The monoisotopic (exact) mass is 162 g/mol. The SMILES string of the molecule is C#CCC1CC=CCC1CCC. The predicted octanol–water partition coefficient (Wildman–Crippen LogP) is 3.39. The molecule has 66 valence electrons. The Morgan fingerprint density at radius 3 is 2.58 bits per heavy atom. The summed E-state index contributed by atoms with van der Waals surface area (Å²) in [7, 11) is 0. The zero-order chi connectivity index (χ0) is 8.81. The fraction of sp³-hybridized carbons (Fsp3) is 0.667. The second kappa shape index (κ2) is 5.04. The lowest BCUT2D eigenvalue weighted by molar-refractivity contribution is 0.307. The van der Waals surface area contributed by atoms with E-state index in [4.69, 9.17) is 6.42 Å². The van der Waals surface area contributed by atoms with Crippen molar-refractivity contribution in [3.63, 3.8) is 0 Å². The number of hydrogen-bond donors (Lipinski definition) is 0. The fourth-order valence-corrected chi connectivity index (χ4v) is 2.05. The fourth-order valence-electron chi connectivity index (χ4n) is 2.05. The first-order valence-electron chi connectivity index (χ1n) is 4.97. The second-order valence-electron chi connectivity index (χ2n) is 3.66. The number of allylic oxidation sites excluding steroid dienone is 2. The van der Waals surface area contributed by atoms with Gasteiger partial charge in [0.1, 0.15) is 0 Å². The zero-order valence-corrected chi connectivity index (χ0v) is 7.92. The van der Waals surface area contributed by atoms with Crippen molar-refractivity contribution in [2.45, 2.75) is 39.0 Å². The molecule has 0 amide bonds. The third kappa shape index (κ3) is 2.41. The molecule has 0 aromatic carbocycles. The molecule has 0 heterocycles. The van der Waals surface area contributed by atoms with E-state index in [1.54, 1.807) is 0 Å². The van der Waals surface area contributed by atoms with Crippen LogP contribution < -0.4 is 0 Å². The van der Waals surface area contributed by atoms with Crippen LogP contribution >= 0.6 is 0 Å². The molecule has 12 heavy (non-hydrogen) atoms. The van der Waals surface area contributed by atoms with Gasteiger partial charge in [-0.15, -0.1) is 12.3 Å². The van der Waals surface area contributed by atoms with Gasteiger partial charge >= 0.3 is 0 Å². The lowest BCUT2D eigenvalue weighted by atomic mass is 9.79. The summed E-state index contributed by atoms with van der Waals surface area (Å²) in [5.74, 6) is 4.41. The van der Waals surface area contributed by atoms with Gasteiger partial charge in [-0.3, -0.25) is 0 Å². The third-order valence-electron chi connectivity index (χ3n) is 2.75. The molecule has 1 aliphatic carbocycles. The second-order valence-corrected chi connectivity index (χ2v) is 3.66. The molecule has 0 nitrogen and oxygen atoms in total. The van der Waals surface area contributed by atoms with E-state index in [9.17, 15) is 0 Å². The first kappa shape index (κ1) is 9.39. The predicted molar refractivity (Wildman–Crippen MR) is 53.7 cm³/mol. The van der Waals surface area contributed by atoms with Crippen molar-refractivity contribution in [1.82, 2.24) is 0 Å². The molecule has 0 saturated carbocycles. The highest BCUT2D eigenvalue weighted by atomic mass is 14.2. The maximum atomic E-state index is 5.34. The summed E-state index contributed by atoms with van der Waals surface area (Å²) in [6.45, 7) is 2.26. The minimum absolute atomic E-state index is 0.764. The molecule has 1 aliphatic rings. The molecule has 0 fully saturated rings. The van der Waals surface area contributed by atoms with Crippen LogP contribution in [0.3, 0.4) is 0 Å². The molecule has 2 unspecified atom stereocenters. The van der Waals surface area contributed by atoms with Gasteiger partial charge in [0.05, 0.1) is 0 Å². The smallest absolute Gasteiger partial charge is 0.0120 e. The lowest BCUT2D eigenvalue weighted by Gasteiger charge is -2.26. The third-order valence-corrected chi connectivity index (χ3v) is 2.75. The number of rotatable bonds is 3. The van der Waals surface area contributed by atoms with Crippen LogP contribution in [-0.2, 0) is 0 Å². The van der Waals surface area contributed by atoms with Crippen LogP contribution in [0.1, 0.15) is 39.0 Å². The summed E-state index contributed by atoms with van der Waals surface area (Å²) in [6, 6.07) is 0. The molecule has 2 atom stereocenters. The van der Waals surface area contributed by atoms with Crippen LogP contribution in [0, 0.1) is 24.2 Å². The summed E-state index contributed by atoms with van der Waals surface area (Å²) in [6.07, 6.45) is 16.0. The molecule has 0 bridgehead atoms. The van der Waals surface area contributed by atoms with E-state index in [-0.39, 0.29) is 0 Å². The molecule has 0 aromatic rings. The summed E-state index contributed by atoms with van der Waals surface area (Å²) in [5.41, 5.74) is 0. The highest BCUT2D eigenvalue weighted by Gasteiger charge is 2.20. The lowest BCUT2D eigenvalue weighted by Crippen LogP contribution is -2.16. The van der Waals surface area contributed by atoms with Crippen molar-refractivity contribution in [2.24, 2.45) is 11.8 Å². The van der Waals surface area contributed by atoms with Gasteiger partial charge in [0.25, 0.3) is 0 Å². The molecular formula is C12H18. The first-order chi connectivity index (χ1) is 5.88. The van der Waals surface area contributed by atoms with E-state index in [1.165, 1.54) is 25.7 Å². The van der Waals surface area contributed by atoms with E-state index >= 15 is 0 Å². The van der Waals surface area contributed by atoms with Crippen LogP contribution in [0.25, 0.3) is 0 Å². The van der Waals surface area contributed by atoms with Crippen LogP contribution in [0.4, 0.5) is 0 Å². The number of terminal acetylenes is 1.